The van der Waals surface area contributed by atoms with E-state index in [-0.39, 0.29) is 17.1 Å². The number of hydrogen-bond acceptors (Lipinski definition) is 3. The molecule has 0 saturated heterocycles. The van der Waals surface area contributed by atoms with Crippen LogP contribution in [-0.2, 0) is 6.18 Å². The molecule has 0 radical (unpaired) electrons. The molecule has 4 rings (SSSR count). The molecular weight excluding hydrogens is 393 g/mol. The lowest BCUT2D eigenvalue weighted by Crippen LogP contribution is -2.04. The highest BCUT2D eigenvalue weighted by molar-refractivity contribution is 6.05. The molecule has 2 aromatic heterocycles. The molecule has 0 spiro atoms. The molecule has 30 heavy (non-hydrogen) atoms. The molecule has 0 bridgehead atoms. The van der Waals surface area contributed by atoms with Crippen LogP contribution in [0.3, 0.4) is 0 Å². The summed E-state index contributed by atoms with van der Waals surface area (Å²) in [6.07, 6.45) is -1.64. The highest BCUT2D eigenvalue weighted by Gasteiger charge is 2.30. The number of allylic oxidation sites excluding steroid dienone is 1. The average molecular weight is 408 g/mol. The molecule has 0 fully saturated rings. The number of ketones is 1. The number of alkyl halides is 3. The van der Waals surface area contributed by atoms with Crippen molar-refractivity contribution in [3.05, 3.63) is 102 Å². The molecule has 0 amide bonds. The lowest BCUT2D eigenvalue weighted by Gasteiger charge is -2.07. The van der Waals surface area contributed by atoms with Crippen LogP contribution in [0.25, 0.3) is 28.7 Å². The highest BCUT2D eigenvalue weighted by Crippen LogP contribution is 2.32. The Hall–Kier alpha value is -3.80. The standard InChI is InChI=1S/C24H15F3O3/c25-24(26,27)18-8-4-7-17(15-18)22-13-14-23(30-22)20(28)11-9-19-10-12-21(29-19)16-5-2-1-3-6-16/h1-15H. The van der Waals surface area contributed by atoms with Crippen LogP contribution in [0.1, 0.15) is 21.9 Å². The second-order valence-corrected chi connectivity index (χ2v) is 6.51. The van der Waals surface area contributed by atoms with Crippen LogP contribution in [0.15, 0.2) is 93.8 Å². The van der Waals surface area contributed by atoms with Gasteiger partial charge in [-0.15, -0.1) is 0 Å². The summed E-state index contributed by atoms with van der Waals surface area (Å²) in [4.78, 5) is 12.4. The molecule has 2 aromatic carbocycles. The van der Waals surface area contributed by atoms with Crippen molar-refractivity contribution >= 4 is 11.9 Å². The smallest absolute Gasteiger partial charge is 0.416 e. The van der Waals surface area contributed by atoms with E-state index in [0.717, 1.165) is 17.7 Å². The van der Waals surface area contributed by atoms with Gasteiger partial charge < -0.3 is 8.83 Å². The van der Waals surface area contributed by atoms with Gasteiger partial charge in [-0.05, 0) is 48.6 Å². The van der Waals surface area contributed by atoms with Gasteiger partial charge in [0, 0.05) is 11.1 Å². The Morgan fingerprint density at radius 3 is 2.23 bits per heavy atom. The third-order valence-corrected chi connectivity index (χ3v) is 4.41. The van der Waals surface area contributed by atoms with Crippen molar-refractivity contribution in [2.75, 3.05) is 0 Å². The Labute approximate surface area is 170 Å². The summed E-state index contributed by atoms with van der Waals surface area (Å²) in [6.45, 7) is 0. The van der Waals surface area contributed by atoms with E-state index >= 15 is 0 Å². The average Bonchev–Trinajstić information content (AvgIpc) is 3.42. The molecule has 4 aromatic rings. The van der Waals surface area contributed by atoms with Crippen molar-refractivity contribution in [2.24, 2.45) is 0 Å². The summed E-state index contributed by atoms with van der Waals surface area (Å²) in [5.74, 6) is 0.945. The molecule has 6 heteroatoms. The van der Waals surface area contributed by atoms with E-state index in [1.54, 1.807) is 12.1 Å². The summed E-state index contributed by atoms with van der Waals surface area (Å²) in [6, 6.07) is 20.7. The number of halogens is 3. The quantitative estimate of drug-likeness (QED) is 0.261. The van der Waals surface area contributed by atoms with Gasteiger partial charge in [0.05, 0.1) is 5.56 Å². The molecule has 2 heterocycles. The first-order valence-corrected chi connectivity index (χ1v) is 9.05. The summed E-state index contributed by atoms with van der Waals surface area (Å²) in [5, 5.41) is 0. The lowest BCUT2D eigenvalue weighted by molar-refractivity contribution is -0.137. The molecular formula is C24H15F3O3. The van der Waals surface area contributed by atoms with Gasteiger partial charge in [-0.25, -0.2) is 0 Å². The molecule has 0 N–H and O–H groups in total. The molecule has 0 unspecified atom stereocenters. The minimum Gasteiger partial charge on any atom is -0.457 e. The van der Waals surface area contributed by atoms with Gasteiger partial charge in [0.1, 0.15) is 17.3 Å². The van der Waals surface area contributed by atoms with Crippen LogP contribution in [0.2, 0.25) is 0 Å². The number of hydrogen-bond donors (Lipinski definition) is 0. The van der Waals surface area contributed by atoms with Crippen LogP contribution in [0, 0.1) is 0 Å². The van der Waals surface area contributed by atoms with Crippen LogP contribution in [-0.4, -0.2) is 5.78 Å². The van der Waals surface area contributed by atoms with Gasteiger partial charge in [-0.3, -0.25) is 4.79 Å². The van der Waals surface area contributed by atoms with E-state index in [0.29, 0.717) is 11.5 Å². The second kappa shape index (κ2) is 7.91. The third kappa shape index (κ3) is 4.27. The van der Waals surface area contributed by atoms with Crippen LogP contribution < -0.4 is 0 Å². The maximum absolute atomic E-state index is 12.9. The monoisotopic (exact) mass is 408 g/mol. The van der Waals surface area contributed by atoms with Crippen LogP contribution >= 0.6 is 0 Å². The van der Waals surface area contributed by atoms with Crippen molar-refractivity contribution in [1.29, 1.82) is 0 Å². The van der Waals surface area contributed by atoms with E-state index in [4.69, 9.17) is 8.83 Å². The van der Waals surface area contributed by atoms with E-state index in [9.17, 15) is 18.0 Å². The van der Waals surface area contributed by atoms with Gasteiger partial charge in [0.15, 0.2) is 5.76 Å². The topological polar surface area (TPSA) is 43.4 Å². The first kappa shape index (κ1) is 19.5. The fraction of sp³-hybridized carbons (Fsp3) is 0.0417. The first-order valence-electron chi connectivity index (χ1n) is 9.05. The molecule has 0 saturated carbocycles. The SMILES string of the molecule is O=C(C=Cc1ccc(-c2ccccc2)o1)c1ccc(-c2cccc(C(F)(F)F)c2)o1. The number of furan rings is 2. The van der Waals surface area contributed by atoms with Crippen molar-refractivity contribution in [3.63, 3.8) is 0 Å². The maximum atomic E-state index is 12.9. The van der Waals surface area contributed by atoms with Crippen molar-refractivity contribution in [1.82, 2.24) is 0 Å². The normalized spacial score (nSPS) is 11.8. The molecule has 0 atom stereocenters. The largest absolute Gasteiger partial charge is 0.457 e. The fourth-order valence-corrected chi connectivity index (χ4v) is 2.91. The highest BCUT2D eigenvalue weighted by atomic mass is 19.4. The van der Waals surface area contributed by atoms with E-state index in [1.165, 1.54) is 36.4 Å². The summed E-state index contributed by atoms with van der Waals surface area (Å²) in [5.41, 5.74) is 0.378. The van der Waals surface area contributed by atoms with Gasteiger partial charge in [-0.2, -0.15) is 13.2 Å². The molecule has 0 aliphatic carbocycles. The Kier molecular flexibility index (Phi) is 5.14. The predicted molar refractivity (Wildman–Crippen MR) is 107 cm³/mol. The fourth-order valence-electron chi connectivity index (χ4n) is 2.91. The van der Waals surface area contributed by atoms with E-state index in [1.807, 2.05) is 30.3 Å². The van der Waals surface area contributed by atoms with Crippen LogP contribution in [0.4, 0.5) is 13.2 Å². The second-order valence-electron chi connectivity index (χ2n) is 6.51. The maximum Gasteiger partial charge on any atom is 0.416 e. The number of carbonyl (C=O) groups is 1. The summed E-state index contributed by atoms with van der Waals surface area (Å²) in [7, 11) is 0. The summed E-state index contributed by atoms with van der Waals surface area (Å²) >= 11 is 0. The molecule has 0 aliphatic rings. The molecule has 3 nitrogen and oxygen atoms in total. The molecule has 0 aliphatic heterocycles. The Balaban J connectivity index is 1.49. The number of carbonyl (C=O) groups excluding carboxylic acids is 1. The zero-order valence-electron chi connectivity index (χ0n) is 15.5. The minimum atomic E-state index is -4.45. The Bertz CT molecular complexity index is 1200. The van der Waals surface area contributed by atoms with Gasteiger partial charge in [-0.1, -0.05) is 42.5 Å². The van der Waals surface area contributed by atoms with E-state index in [2.05, 4.69) is 0 Å². The van der Waals surface area contributed by atoms with Gasteiger partial charge in [0.2, 0.25) is 5.78 Å². The minimum absolute atomic E-state index is 0.0218. The summed E-state index contributed by atoms with van der Waals surface area (Å²) < 4.78 is 49.8. The Morgan fingerprint density at radius 2 is 1.47 bits per heavy atom. The van der Waals surface area contributed by atoms with Gasteiger partial charge >= 0.3 is 6.18 Å². The van der Waals surface area contributed by atoms with Crippen LogP contribution in [0.5, 0.6) is 0 Å². The first-order chi connectivity index (χ1) is 14.4. The zero-order chi connectivity index (χ0) is 21.1. The number of rotatable bonds is 5. The Morgan fingerprint density at radius 1 is 0.767 bits per heavy atom. The predicted octanol–water partition coefficient (Wildman–Crippen LogP) is 7.12. The zero-order valence-corrected chi connectivity index (χ0v) is 15.5. The van der Waals surface area contributed by atoms with Crippen molar-refractivity contribution in [2.45, 2.75) is 6.18 Å². The third-order valence-electron chi connectivity index (χ3n) is 4.41. The van der Waals surface area contributed by atoms with Crippen molar-refractivity contribution < 1.29 is 26.8 Å². The van der Waals surface area contributed by atoms with E-state index < -0.39 is 17.5 Å². The van der Waals surface area contributed by atoms with Crippen molar-refractivity contribution in [3.8, 4) is 22.6 Å². The van der Waals surface area contributed by atoms with Gasteiger partial charge in [0.25, 0.3) is 0 Å². The number of benzene rings is 2. The lowest BCUT2D eigenvalue weighted by atomic mass is 10.1. The molecule has 150 valence electrons.